The molecule has 6 aromatic rings. The standard InChI is InChI=1S/C32H30F8.C32H30F6O/c1-11-12(2)16(6)22-21(15(11)5)29(33,34)25-19(9)27-28(20(10)26(25)30(22,35)36)32(39,40)24-18(8)14(4)13(3)17(7)23(24)31(27,37)38;1-11-12(2)16(6)23-21(15(11)5)29(39)22-19(9)27-28(20(10)24(22)30(23,33)34)32(37,38)26-18(8)14(4)13(3)17(7)25(26)31(27,35)36/h1-10H3;1-10H3. The van der Waals surface area contributed by atoms with E-state index in [-0.39, 0.29) is 44.5 Å². The normalized spacial score (nSPS) is 18.5. The maximum Gasteiger partial charge on any atom is 0.300 e. The molecule has 4 aliphatic carbocycles. The van der Waals surface area contributed by atoms with Gasteiger partial charge in [-0.3, -0.25) is 4.79 Å². The van der Waals surface area contributed by atoms with Crippen LogP contribution >= 0.6 is 0 Å². The minimum absolute atomic E-state index is 0.00366. The summed E-state index contributed by atoms with van der Waals surface area (Å²) in [5.74, 6) is -29.2. The number of carbonyl (C=O) groups is 1. The second-order valence-electron chi connectivity index (χ2n) is 22.8. The smallest absolute Gasteiger partial charge is 0.289 e. The van der Waals surface area contributed by atoms with Gasteiger partial charge in [0.2, 0.25) is 0 Å². The van der Waals surface area contributed by atoms with E-state index in [0.29, 0.717) is 50.1 Å². The predicted molar refractivity (Wildman–Crippen MR) is 278 cm³/mol. The lowest BCUT2D eigenvalue weighted by molar-refractivity contribution is -0.0251. The minimum Gasteiger partial charge on any atom is -0.289 e. The van der Waals surface area contributed by atoms with Crippen LogP contribution in [-0.2, 0) is 41.5 Å². The number of alkyl halides is 14. The Morgan fingerprint density at radius 2 is 0.291 bits per heavy atom. The number of ketones is 1. The Balaban J connectivity index is 0.000000192. The molecule has 6 aromatic carbocycles. The molecule has 0 saturated heterocycles. The van der Waals surface area contributed by atoms with Gasteiger partial charge in [0.15, 0.2) is 5.78 Å². The molecule has 0 heterocycles. The zero-order chi connectivity index (χ0) is 59.9. The van der Waals surface area contributed by atoms with E-state index in [2.05, 4.69) is 0 Å². The molecule has 0 atom stereocenters. The third kappa shape index (κ3) is 6.67. The van der Waals surface area contributed by atoms with Crippen molar-refractivity contribution in [3.63, 3.8) is 0 Å². The van der Waals surface area contributed by atoms with Gasteiger partial charge < -0.3 is 0 Å². The van der Waals surface area contributed by atoms with Crippen molar-refractivity contribution in [2.45, 2.75) is 180 Å². The SMILES string of the molecule is Cc1c(C)c(C)c2c(c1C)C(=O)c1c(C)c3c(c(C)c1C2(F)F)C(F)(F)c1c(C)c(C)c(C)c(C)c1C3(F)F.Cc1c(C)c(C)c2c(c1C)C(F)(F)c1c(C)c3c(c(C)c1C2(F)F)C(F)(F)c1c(C)c(C)c(C)c(C)c1C3(F)F. The number of carbonyl (C=O) groups excluding carboxylic acids is 1. The summed E-state index contributed by atoms with van der Waals surface area (Å²) in [5.41, 5.74) is -14.4. The van der Waals surface area contributed by atoms with Gasteiger partial charge in [-0.25, -0.2) is 0 Å². The molecule has 420 valence electrons. The van der Waals surface area contributed by atoms with Crippen molar-refractivity contribution in [1.29, 1.82) is 0 Å². The van der Waals surface area contributed by atoms with Crippen molar-refractivity contribution in [2.75, 3.05) is 0 Å². The zero-order valence-electron chi connectivity index (χ0n) is 47.7. The van der Waals surface area contributed by atoms with Crippen LogP contribution < -0.4 is 0 Å². The van der Waals surface area contributed by atoms with Crippen LogP contribution in [0.25, 0.3) is 0 Å². The van der Waals surface area contributed by atoms with Gasteiger partial charge in [0, 0.05) is 89.0 Å². The molecular weight excluding hydrogens is 1050 g/mol. The fourth-order valence-corrected chi connectivity index (χ4v) is 14.3. The van der Waals surface area contributed by atoms with Crippen molar-refractivity contribution >= 4 is 5.78 Å². The van der Waals surface area contributed by atoms with Crippen molar-refractivity contribution in [1.82, 2.24) is 0 Å². The first kappa shape index (κ1) is 57.7. The fraction of sp³-hybridized carbons (Fsp3) is 0.422. The van der Waals surface area contributed by atoms with E-state index in [0.717, 1.165) is 27.7 Å². The van der Waals surface area contributed by atoms with Gasteiger partial charge in [-0.2, -0.15) is 61.5 Å². The summed E-state index contributed by atoms with van der Waals surface area (Å²) in [6.07, 6.45) is 0. The lowest BCUT2D eigenvalue weighted by atomic mass is 9.66. The molecule has 0 fully saturated rings. The van der Waals surface area contributed by atoms with Crippen LogP contribution in [0.1, 0.15) is 205 Å². The second kappa shape index (κ2) is 16.8. The Bertz CT molecular complexity index is 3640. The Labute approximate surface area is 450 Å². The highest BCUT2D eigenvalue weighted by atomic mass is 19.3. The van der Waals surface area contributed by atoms with Crippen LogP contribution in [0.3, 0.4) is 0 Å². The number of fused-ring (bicyclic) bond motifs is 8. The monoisotopic (exact) mass is 1110 g/mol. The molecule has 0 N–H and O–H groups in total. The topological polar surface area (TPSA) is 17.1 Å². The molecule has 0 radical (unpaired) electrons. The molecule has 0 aromatic heterocycles. The number of halogens is 14. The molecule has 0 bridgehead atoms. The lowest BCUT2D eigenvalue weighted by Gasteiger charge is -2.44. The number of benzene rings is 6. The molecule has 79 heavy (non-hydrogen) atoms. The predicted octanol–water partition coefficient (Wildman–Crippen LogP) is 19.0. The maximum atomic E-state index is 16.5. The van der Waals surface area contributed by atoms with E-state index in [1.54, 1.807) is 34.6 Å². The molecular formula is C64H60F14O. The molecule has 0 aliphatic heterocycles. The third-order valence-corrected chi connectivity index (χ3v) is 19.6. The number of hydrogen-bond acceptors (Lipinski definition) is 1. The molecule has 0 unspecified atom stereocenters. The highest BCUT2D eigenvalue weighted by molar-refractivity contribution is 6.16. The molecule has 15 heteroatoms. The highest BCUT2D eigenvalue weighted by Gasteiger charge is 2.64. The van der Waals surface area contributed by atoms with Gasteiger partial charge in [0.05, 0.1) is 0 Å². The Morgan fingerprint density at radius 3 is 0.519 bits per heavy atom. The summed E-state index contributed by atoms with van der Waals surface area (Å²) < 4.78 is 231. The van der Waals surface area contributed by atoms with Gasteiger partial charge in [-0.1, -0.05) is 0 Å². The van der Waals surface area contributed by atoms with E-state index >= 15 is 61.5 Å². The summed E-state index contributed by atoms with van der Waals surface area (Å²) in [6, 6.07) is 0. The molecule has 4 aliphatic rings. The quantitative estimate of drug-likeness (QED) is 0.139. The molecule has 1 nitrogen and oxygen atoms in total. The van der Waals surface area contributed by atoms with Crippen LogP contribution in [0.5, 0.6) is 0 Å². The van der Waals surface area contributed by atoms with E-state index in [1.807, 2.05) is 0 Å². The molecule has 0 saturated carbocycles. The van der Waals surface area contributed by atoms with Crippen LogP contribution in [0, 0.1) is 138 Å². The summed E-state index contributed by atoms with van der Waals surface area (Å²) in [6.45, 7) is 27.5. The number of hydrogen-bond donors (Lipinski definition) is 0. The first-order valence-corrected chi connectivity index (χ1v) is 25.8. The summed E-state index contributed by atoms with van der Waals surface area (Å²) in [4.78, 5) is 14.0. The van der Waals surface area contributed by atoms with Crippen LogP contribution in [-0.4, -0.2) is 5.78 Å². The van der Waals surface area contributed by atoms with E-state index in [1.165, 1.54) is 76.2 Å². The Hall–Kier alpha value is -5.99. The average molecular weight is 1110 g/mol. The average Bonchev–Trinajstić information content (AvgIpc) is 3.46. The third-order valence-electron chi connectivity index (χ3n) is 19.6. The van der Waals surface area contributed by atoms with Gasteiger partial charge in [0.1, 0.15) is 0 Å². The Kier molecular flexibility index (Phi) is 12.3. The zero-order valence-corrected chi connectivity index (χ0v) is 47.7. The van der Waals surface area contributed by atoms with E-state index < -0.39 is 153 Å². The van der Waals surface area contributed by atoms with E-state index in [4.69, 9.17) is 0 Å². The van der Waals surface area contributed by atoms with Crippen LogP contribution in [0.4, 0.5) is 61.5 Å². The fourth-order valence-electron chi connectivity index (χ4n) is 14.3. The molecule has 0 amide bonds. The summed E-state index contributed by atoms with van der Waals surface area (Å²) in [5, 5.41) is 0. The maximum absolute atomic E-state index is 16.5. The molecule has 10 rings (SSSR count). The second-order valence-corrected chi connectivity index (χ2v) is 22.8. The van der Waals surface area contributed by atoms with Crippen LogP contribution in [0.15, 0.2) is 0 Å². The first-order chi connectivity index (χ1) is 35.8. The van der Waals surface area contributed by atoms with Gasteiger partial charge in [0.25, 0.3) is 41.5 Å². The number of rotatable bonds is 0. The lowest BCUT2D eigenvalue weighted by Crippen LogP contribution is -2.42. The van der Waals surface area contributed by atoms with Crippen LogP contribution in [0.2, 0.25) is 0 Å². The van der Waals surface area contributed by atoms with Crippen molar-refractivity contribution in [3.05, 3.63) is 200 Å². The highest BCUT2D eigenvalue weighted by Crippen LogP contribution is 2.66. The molecule has 0 spiro atoms. The van der Waals surface area contributed by atoms with Crippen molar-refractivity contribution in [2.24, 2.45) is 0 Å². The van der Waals surface area contributed by atoms with Gasteiger partial charge >= 0.3 is 0 Å². The van der Waals surface area contributed by atoms with Crippen molar-refractivity contribution < 1.29 is 66.3 Å². The van der Waals surface area contributed by atoms with Crippen molar-refractivity contribution in [3.8, 4) is 0 Å². The van der Waals surface area contributed by atoms with Gasteiger partial charge in [-0.05, 0) is 250 Å². The first-order valence-electron chi connectivity index (χ1n) is 25.8. The van der Waals surface area contributed by atoms with E-state index in [9.17, 15) is 4.79 Å². The minimum atomic E-state index is -4.14. The largest absolute Gasteiger partial charge is 0.300 e. The Morgan fingerprint density at radius 1 is 0.165 bits per heavy atom. The summed E-state index contributed by atoms with van der Waals surface area (Å²) in [7, 11) is 0. The van der Waals surface area contributed by atoms with Gasteiger partial charge in [-0.15, -0.1) is 0 Å². The summed E-state index contributed by atoms with van der Waals surface area (Å²) >= 11 is 0.